The number of hydrogen-bond acceptors (Lipinski definition) is 4. The van der Waals surface area contributed by atoms with E-state index in [4.69, 9.17) is 0 Å². The van der Waals surface area contributed by atoms with Crippen molar-refractivity contribution < 1.29 is 23.1 Å². The van der Waals surface area contributed by atoms with Gasteiger partial charge in [-0.1, -0.05) is 18.2 Å². The zero-order valence-electron chi connectivity index (χ0n) is 18.1. The van der Waals surface area contributed by atoms with E-state index in [0.717, 1.165) is 42.3 Å². The molecule has 2 aliphatic rings. The number of benzene rings is 2. The number of rotatable bonds is 4. The average molecular weight is 448 g/mol. The van der Waals surface area contributed by atoms with Crippen molar-refractivity contribution in [3.05, 3.63) is 59.2 Å². The molecule has 4 rings (SSSR count). The lowest BCUT2D eigenvalue weighted by molar-refractivity contribution is -0.137. The van der Waals surface area contributed by atoms with Crippen LogP contribution in [0.2, 0.25) is 0 Å². The maximum Gasteiger partial charge on any atom is 0.416 e. The first-order valence-corrected chi connectivity index (χ1v) is 11.0. The number of piperazine rings is 1. The summed E-state index contributed by atoms with van der Waals surface area (Å²) in [6.07, 6.45) is -3.22. The Labute approximate surface area is 186 Å². The Morgan fingerprint density at radius 3 is 2.50 bits per heavy atom. The van der Waals surface area contributed by atoms with Crippen molar-refractivity contribution in [2.24, 2.45) is 0 Å². The van der Waals surface area contributed by atoms with Crippen molar-refractivity contribution in [2.75, 3.05) is 49.1 Å². The normalized spacial score (nSPS) is 18.4. The third-order valence-electron chi connectivity index (χ3n) is 6.33. The Balaban J connectivity index is 1.36. The van der Waals surface area contributed by atoms with Gasteiger partial charge in [-0.25, -0.2) is 0 Å². The molecule has 0 saturated carbocycles. The van der Waals surface area contributed by atoms with Gasteiger partial charge in [0.1, 0.15) is 0 Å². The third kappa shape index (κ3) is 4.91. The number of hydrogen-bond donors (Lipinski definition) is 1. The summed E-state index contributed by atoms with van der Waals surface area (Å²) in [6, 6.07) is 11.2. The summed E-state index contributed by atoms with van der Waals surface area (Å²) < 4.78 is 39.0. The van der Waals surface area contributed by atoms with E-state index in [0.29, 0.717) is 38.4 Å². The molecule has 0 aromatic heterocycles. The van der Waals surface area contributed by atoms with Crippen LogP contribution in [-0.2, 0) is 17.4 Å². The maximum atomic E-state index is 13.0. The molecule has 2 aliphatic heterocycles. The Morgan fingerprint density at radius 2 is 1.81 bits per heavy atom. The SMILES string of the molecule is CC(=O)N1CCCc2cc(C(O)CN3CCN(c4cccc(C(F)(F)F)c4)CC3)ccc21. The van der Waals surface area contributed by atoms with Crippen molar-refractivity contribution in [2.45, 2.75) is 32.0 Å². The quantitative estimate of drug-likeness (QED) is 0.773. The molecule has 172 valence electrons. The molecule has 2 aromatic carbocycles. The van der Waals surface area contributed by atoms with Crippen LogP contribution in [0, 0.1) is 0 Å². The lowest BCUT2D eigenvalue weighted by Crippen LogP contribution is -2.47. The van der Waals surface area contributed by atoms with Crippen molar-refractivity contribution in [1.82, 2.24) is 4.90 Å². The van der Waals surface area contributed by atoms with Gasteiger partial charge in [0, 0.05) is 57.6 Å². The lowest BCUT2D eigenvalue weighted by atomic mass is 9.97. The second kappa shape index (κ2) is 9.11. The van der Waals surface area contributed by atoms with E-state index in [9.17, 15) is 23.1 Å². The predicted octanol–water partition coefficient (Wildman–Crippen LogP) is 3.86. The number of aryl methyl sites for hydroxylation is 1. The molecule has 0 radical (unpaired) electrons. The summed E-state index contributed by atoms with van der Waals surface area (Å²) >= 11 is 0. The van der Waals surface area contributed by atoms with Gasteiger partial charge in [0.25, 0.3) is 0 Å². The van der Waals surface area contributed by atoms with Crippen molar-refractivity contribution in [1.29, 1.82) is 0 Å². The van der Waals surface area contributed by atoms with Crippen LogP contribution in [0.5, 0.6) is 0 Å². The van der Waals surface area contributed by atoms with Gasteiger partial charge in [-0.3, -0.25) is 9.69 Å². The Kier molecular flexibility index (Phi) is 6.44. The van der Waals surface area contributed by atoms with E-state index in [1.807, 2.05) is 23.1 Å². The number of carbonyl (C=O) groups is 1. The standard InChI is InChI=1S/C24H28F3N3O2/c1-17(31)30-9-3-4-18-14-19(7-8-22(18)30)23(32)16-28-10-12-29(13-11-28)21-6-2-5-20(15-21)24(25,26)27/h2,5-8,14-15,23,32H,3-4,9-13,16H2,1H3. The molecular formula is C24H28F3N3O2. The number of β-amino-alcohol motifs (C(OH)–C–C–N with tert-alkyl or cyclic N) is 1. The molecule has 1 N–H and O–H groups in total. The first-order valence-electron chi connectivity index (χ1n) is 11.0. The highest BCUT2D eigenvalue weighted by Gasteiger charge is 2.31. The summed E-state index contributed by atoms with van der Waals surface area (Å²) in [5.74, 6) is 0.0258. The van der Waals surface area contributed by atoms with Crippen LogP contribution >= 0.6 is 0 Å². The predicted molar refractivity (Wildman–Crippen MR) is 118 cm³/mol. The number of nitrogens with zero attached hydrogens (tertiary/aromatic N) is 3. The van der Waals surface area contributed by atoms with E-state index in [1.165, 1.54) is 12.1 Å². The van der Waals surface area contributed by atoms with Gasteiger partial charge in [0.15, 0.2) is 0 Å². The number of aliphatic hydroxyl groups is 1. The molecule has 0 spiro atoms. The highest BCUT2D eigenvalue weighted by molar-refractivity contribution is 5.92. The summed E-state index contributed by atoms with van der Waals surface area (Å²) in [4.78, 5) is 17.7. The van der Waals surface area contributed by atoms with E-state index in [1.54, 1.807) is 17.9 Å². The van der Waals surface area contributed by atoms with Crippen LogP contribution in [-0.4, -0.2) is 55.2 Å². The fourth-order valence-electron chi connectivity index (χ4n) is 4.57. The van der Waals surface area contributed by atoms with Crippen molar-refractivity contribution >= 4 is 17.3 Å². The highest BCUT2D eigenvalue weighted by Crippen LogP contribution is 2.32. The minimum absolute atomic E-state index is 0.0258. The van der Waals surface area contributed by atoms with E-state index in [-0.39, 0.29) is 5.91 Å². The van der Waals surface area contributed by atoms with E-state index >= 15 is 0 Å². The molecule has 1 amide bonds. The zero-order valence-corrected chi connectivity index (χ0v) is 18.1. The number of anilines is 2. The number of alkyl halides is 3. The fourth-order valence-corrected chi connectivity index (χ4v) is 4.57. The molecular weight excluding hydrogens is 419 g/mol. The smallest absolute Gasteiger partial charge is 0.387 e. The van der Waals surface area contributed by atoms with Crippen LogP contribution in [0.1, 0.15) is 36.1 Å². The molecule has 1 fully saturated rings. The molecule has 1 atom stereocenters. The molecule has 2 heterocycles. The average Bonchev–Trinajstić information content (AvgIpc) is 2.78. The van der Waals surface area contributed by atoms with Crippen LogP contribution in [0.3, 0.4) is 0 Å². The maximum absolute atomic E-state index is 13.0. The second-order valence-electron chi connectivity index (χ2n) is 8.51. The molecule has 2 aromatic rings. The molecule has 32 heavy (non-hydrogen) atoms. The largest absolute Gasteiger partial charge is 0.416 e. The minimum Gasteiger partial charge on any atom is -0.387 e. The molecule has 1 saturated heterocycles. The summed E-state index contributed by atoms with van der Waals surface area (Å²) in [5, 5.41) is 10.8. The summed E-state index contributed by atoms with van der Waals surface area (Å²) in [5.41, 5.74) is 2.77. The number of halogens is 3. The second-order valence-corrected chi connectivity index (χ2v) is 8.51. The van der Waals surface area contributed by atoms with Gasteiger partial charge in [-0.2, -0.15) is 13.2 Å². The van der Waals surface area contributed by atoms with Gasteiger partial charge in [0.2, 0.25) is 5.91 Å². The Bertz CT molecular complexity index is 971. The Morgan fingerprint density at radius 1 is 1.06 bits per heavy atom. The minimum atomic E-state index is -4.35. The Hall–Kier alpha value is -2.58. The molecule has 5 nitrogen and oxygen atoms in total. The van der Waals surface area contributed by atoms with Gasteiger partial charge in [-0.05, 0) is 48.2 Å². The molecule has 8 heteroatoms. The third-order valence-corrected chi connectivity index (χ3v) is 6.33. The first kappa shape index (κ1) is 22.6. The first-order chi connectivity index (χ1) is 15.2. The van der Waals surface area contributed by atoms with E-state index < -0.39 is 17.8 Å². The summed E-state index contributed by atoms with van der Waals surface area (Å²) in [7, 11) is 0. The number of amides is 1. The van der Waals surface area contributed by atoms with Gasteiger partial charge in [0.05, 0.1) is 11.7 Å². The zero-order chi connectivity index (χ0) is 22.9. The number of carbonyl (C=O) groups excluding carboxylic acids is 1. The van der Waals surface area contributed by atoms with Gasteiger partial charge < -0.3 is 14.9 Å². The van der Waals surface area contributed by atoms with Gasteiger partial charge in [-0.15, -0.1) is 0 Å². The molecule has 0 bridgehead atoms. The van der Waals surface area contributed by atoms with E-state index in [2.05, 4.69) is 4.90 Å². The molecule has 1 unspecified atom stereocenters. The highest BCUT2D eigenvalue weighted by atomic mass is 19.4. The van der Waals surface area contributed by atoms with Crippen LogP contribution in [0.15, 0.2) is 42.5 Å². The van der Waals surface area contributed by atoms with Gasteiger partial charge >= 0.3 is 6.18 Å². The van der Waals surface area contributed by atoms with Crippen molar-refractivity contribution in [3.63, 3.8) is 0 Å². The number of fused-ring (bicyclic) bond motifs is 1. The van der Waals surface area contributed by atoms with Crippen LogP contribution < -0.4 is 9.80 Å². The fraction of sp³-hybridized carbons (Fsp3) is 0.458. The monoisotopic (exact) mass is 447 g/mol. The topological polar surface area (TPSA) is 47.0 Å². The molecule has 0 aliphatic carbocycles. The summed E-state index contributed by atoms with van der Waals surface area (Å²) in [6.45, 7) is 5.28. The van der Waals surface area contributed by atoms with Crippen LogP contribution in [0.4, 0.5) is 24.5 Å². The number of aliphatic hydroxyl groups excluding tert-OH is 1. The lowest BCUT2D eigenvalue weighted by Gasteiger charge is -2.37. The van der Waals surface area contributed by atoms with Crippen molar-refractivity contribution in [3.8, 4) is 0 Å². The van der Waals surface area contributed by atoms with Crippen LogP contribution in [0.25, 0.3) is 0 Å².